The third kappa shape index (κ3) is 3.35. The Kier molecular flexibility index (Phi) is 6.03. The summed E-state index contributed by atoms with van der Waals surface area (Å²) in [5.74, 6) is 1.03. The summed E-state index contributed by atoms with van der Waals surface area (Å²) in [6.45, 7) is 2.33. The number of likely N-dealkylation sites (tertiary alicyclic amines) is 1. The van der Waals surface area contributed by atoms with E-state index in [1.165, 1.54) is 38.5 Å². The van der Waals surface area contributed by atoms with Gasteiger partial charge in [-0.25, -0.2) is 0 Å². The first-order valence-corrected chi connectivity index (χ1v) is 13.8. The second-order valence-corrected chi connectivity index (χ2v) is 11.6. The van der Waals surface area contributed by atoms with Crippen LogP contribution in [-0.4, -0.2) is 71.1 Å². The molecule has 0 amide bonds. The van der Waals surface area contributed by atoms with Crippen LogP contribution >= 0.6 is 12.2 Å². The van der Waals surface area contributed by atoms with E-state index >= 15 is 0 Å². The predicted molar refractivity (Wildman–Crippen MR) is 141 cm³/mol. The molecule has 0 unspecified atom stereocenters. The normalized spacial score (nSPS) is 33.6. The van der Waals surface area contributed by atoms with E-state index < -0.39 is 16.7 Å². The molecule has 36 heavy (non-hydrogen) atoms. The van der Waals surface area contributed by atoms with Crippen LogP contribution in [0, 0.1) is 33.5 Å². The minimum Gasteiger partial charge on any atom is -0.496 e. The molecule has 0 N–H and O–H groups in total. The first-order valence-electron chi connectivity index (χ1n) is 13.4. The number of ether oxygens (including phenoxy) is 1. The lowest BCUT2D eigenvalue weighted by atomic mass is 9.53. The molecule has 1 aromatic rings. The lowest BCUT2D eigenvalue weighted by molar-refractivity contribution is 0.0282. The highest BCUT2D eigenvalue weighted by Gasteiger charge is 2.69. The quantitative estimate of drug-likeness (QED) is 0.569. The second-order valence-electron chi connectivity index (χ2n) is 11.2. The Balaban J connectivity index is 1.53. The molecule has 7 nitrogen and oxygen atoms in total. The Labute approximate surface area is 219 Å². The summed E-state index contributed by atoms with van der Waals surface area (Å²) in [5.41, 5.74) is -1.11. The zero-order valence-corrected chi connectivity index (χ0v) is 21.8. The van der Waals surface area contributed by atoms with E-state index in [4.69, 9.17) is 21.9 Å². The molecule has 1 aromatic carbocycles. The van der Waals surface area contributed by atoms with Crippen molar-refractivity contribution in [3.05, 3.63) is 29.8 Å². The van der Waals surface area contributed by atoms with Crippen LogP contribution in [0.15, 0.2) is 29.3 Å². The van der Waals surface area contributed by atoms with Crippen molar-refractivity contribution in [3.8, 4) is 17.9 Å². The highest BCUT2D eigenvalue weighted by atomic mass is 32.1. The van der Waals surface area contributed by atoms with Crippen LogP contribution in [0.25, 0.3) is 0 Å². The fourth-order valence-corrected chi connectivity index (χ4v) is 8.14. The highest BCUT2D eigenvalue weighted by molar-refractivity contribution is 7.80. The Morgan fingerprint density at radius 1 is 0.944 bits per heavy atom. The van der Waals surface area contributed by atoms with Crippen molar-refractivity contribution < 1.29 is 4.74 Å². The van der Waals surface area contributed by atoms with Crippen LogP contribution in [-0.2, 0) is 0 Å². The molecule has 2 saturated heterocycles. The molecular weight excluding hydrogens is 468 g/mol. The Morgan fingerprint density at radius 3 is 2.19 bits per heavy atom. The molecule has 4 fully saturated rings. The fraction of sp³-hybridized carbons (Fsp3) is 0.643. The van der Waals surface area contributed by atoms with Gasteiger partial charge in [0.1, 0.15) is 27.4 Å². The summed E-state index contributed by atoms with van der Waals surface area (Å²) < 4.78 is 5.79. The molecule has 0 aromatic heterocycles. The second kappa shape index (κ2) is 9.10. The molecule has 2 aliphatic carbocycles. The molecule has 3 aliphatic heterocycles. The van der Waals surface area contributed by atoms with Gasteiger partial charge in [-0.05, 0) is 31.7 Å². The first kappa shape index (κ1) is 23.9. The van der Waals surface area contributed by atoms with E-state index in [0.717, 1.165) is 24.2 Å². The molecule has 0 spiro atoms. The number of hydrogen-bond donors (Lipinski definition) is 0. The summed E-state index contributed by atoms with van der Waals surface area (Å²) >= 11 is 6.25. The number of nitriles is 2. The Hall–Kier alpha value is -2.52. The zero-order valence-electron chi connectivity index (χ0n) is 21.0. The van der Waals surface area contributed by atoms with E-state index in [2.05, 4.69) is 26.8 Å². The van der Waals surface area contributed by atoms with Gasteiger partial charge in [0.2, 0.25) is 0 Å². The number of thiocarbonyl (C=S) groups is 1. The van der Waals surface area contributed by atoms with E-state index in [1.807, 2.05) is 24.3 Å². The predicted octanol–water partition coefficient (Wildman–Crippen LogP) is 4.27. The maximum Gasteiger partial charge on any atom is 0.136 e. The van der Waals surface area contributed by atoms with Gasteiger partial charge in [-0.1, -0.05) is 56.1 Å². The summed E-state index contributed by atoms with van der Waals surface area (Å²) in [6.07, 6.45) is 9.47. The summed E-state index contributed by atoms with van der Waals surface area (Å²) in [7, 11) is 1.66. The molecular formula is C28H34N6OS. The van der Waals surface area contributed by atoms with Crippen LogP contribution in [0.1, 0.15) is 62.8 Å². The number of amidine groups is 1. The van der Waals surface area contributed by atoms with Crippen LogP contribution in [0.5, 0.6) is 5.75 Å². The molecule has 188 valence electrons. The molecule has 8 heteroatoms. The summed E-state index contributed by atoms with van der Waals surface area (Å²) in [4.78, 5) is 12.6. The third-order valence-electron chi connectivity index (χ3n) is 9.43. The highest BCUT2D eigenvalue weighted by Crippen LogP contribution is 2.60. The van der Waals surface area contributed by atoms with Gasteiger partial charge in [0.15, 0.2) is 0 Å². The third-order valence-corrected chi connectivity index (χ3v) is 10.0. The molecule has 2 bridgehead atoms. The average molecular weight is 503 g/mol. The monoisotopic (exact) mass is 502 g/mol. The number of benzene rings is 1. The van der Waals surface area contributed by atoms with Gasteiger partial charge < -0.3 is 9.64 Å². The van der Waals surface area contributed by atoms with Crippen molar-refractivity contribution in [1.29, 1.82) is 10.5 Å². The van der Waals surface area contributed by atoms with Crippen molar-refractivity contribution in [1.82, 2.24) is 14.7 Å². The summed E-state index contributed by atoms with van der Waals surface area (Å²) in [5, 5.41) is 22.1. The lowest BCUT2D eigenvalue weighted by Crippen LogP contribution is -2.74. The minimum atomic E-state index is -1.02. The molecule has 3 atom stereocenters. The standard InChI is InChI=1S/C28H34N6OS/c1-35-23-13-7-6-12-22(23)24-27(14-29)16-32(20-8-2-3-9-20)17-28(24,15-30)26(36)34-19-33(18-31-25(27)34)21-10-4-5-11-21/h6-7,12-13,20-21,24H,2-5,8-11,16-19H2,1H3/t24-,27-,28+/m1/s1. The van der Waals surface area contributed by atoms with E-state index in [-0.39, 0.29) is 0 Å². The Morgan fingerprint density at radius 2 is 1.56 bits per heavy atom. The van der Waals surface area contributed by atoms with Crippen molar-refractivity contribution in [3.63, 3.8) is 0 Å². The smallest absolute Gasteiger partial charge is 0.136 e. The number of nitrogens with zero attached hydrogens (tertiary/aromatic N) is 6. The molecule has 0 radical (unpaired) electrons. The van der Waals surface area contributed by atoms with Crippen LogP contribution in [0.2, 0.25) is 0 Å². The summed E-state index contributed by atoms with van der Waals surface area (Å²) in [6, 6.07) is 14.2. The lowest BCUT2D eigenvalue weighted by Gasteiger charge is -2.61. The van der Waals surface area contributed by atoms with Crippen molar-refractivity contribution in [2.45, 2.75) is 69.4 Å². The number of methoxy groups -OCH3 is 1. The fourth-order valence-electron chi connectivity index (χ4n) is 7.77. The van der Waals surface area contributed by atoms with Crippen LogP contribution < -0.4 is 4.74 Å². The number of aliphatic imine (C=N–C) groups is 1. The SMILES string of the molecule is COc1ccccc1[C@@H]1[C@@]2(C#N)CN(C3CCCC3)C[C@]1(C#N)C(=S)N1CN(C3CCCC3)CN=C12. The van der Waals surface area contributed by atoms with Gasteiger partial charge >= 0.3 is 0 Å². The zero-order chi connectivity index (χ0) is 24.9. The molecule has 5 aliphatic rings. The number of rotatable bonds is 4. The van der Waals surface area contributed by atoms with Gasteiger partial charge in [0.05, 0.1) is 32.6 Å². The topological polar surface area (TPSA) is 78.9 Å². The van der Waals surface area contributed by atoms with Crippen molar-refractivity contribution in [2.24, 2.45) is 15.8 Å². The van der Waals surface area contributed by atoms with E-state index in [0.29, 0.717) is 49.2 Å². The van der Waals surface area contributed by atoms with Crippen molar-refractivity contribution in [2.75, 3.05) is 33.5 Å². The molecule has 3 heterocycles. The van der Waals surface area contributed by atoms with Crippen LogP contribution in [0.3, 0.4) is 0 Å². The maximum absolute atomic E-state index is 11.1. The van der Waals surface area contributed by atoms with E-state index in [1.54, 1.807) is 7.11 Å². The van der Waals surface area contributed by atoms with Gasteiger partial charge in [-0.15, -0.1) is 0 Å². The largest absolute Gasteiger partial charge is 0.496 e. The van der Waals surface area contributed by atoms with Crippen LogP contribution in [0.4, 0.5) is 0 Å². The van der Waals surface area contributed by atoms with Gasteiger partial charge in [0.25, 0.3) is 0 Å². The molecule has 2 saturated carbocycles. The minimum absolute atomic E-state index is 0.387. The first-order chi connectivity index (χ1) is 17.6. The number of para-hydroxylation sites is 1. The van der Waals surface area contributed by atoms with Gasteiger partial charge in [-0.3, -0.25) is 14.8 Å². The van der Waals surface area contributed by atoms with E-state index in [9.17, 15) is 10.5 Å². The Bertz CT molecular complexity index is 1160. The number of piperidine rings is 2. The maximum atomic E-state index is 11.1. The molecule has 6 rings (SSSR count). The number of fused-ring (bicyclic) bond motifs is 4. The number of hydrogen-bond acceptors (Lipinski definition) is 7. The average Bonchev–Trinajstić information content (AvgIpc) is 3.66. The van der Waals surface area contributed by atoms with Gasteiger partial charge in [-0.2, -0.15) is 10.5 Å². The van der Waals surface area contributed by atoms with Crippen molar-refractivity contribution >= 4 is 23.0 Å². The van der Waals surface area contributed by atoms with Gasteiger partial charge in [0, 0.05) is 36.7 Å².